The van der Waals surface area contributed by atoms with Gasteiger partial charge in [-0.25, -0.2) is 4.98 Å². The van der Waals surface area contributed by atoms with Gasteiger partial charge in [0.2, 0.25) is 5.91 Å². The van der Waals surface area contributed by atoms with Crippen LogP contribution in [0.3, 0.4) is 0 Å². The number of amides is 1. The molecular formula is C19H26N6OS2. The number of piperazine rings is 1. The zero-order chi connectivity index (χ0) is 19.2. The molecule has 0 saturated carbocycles. The van der Waals surface area contributed by atoms with E-state index in [0.717, 1.165) is 62.4 Å². The van der Waals surface area contributed by atoms with Gasteiger partial charge in [-0.3, -0.25) is 9.69 Å². The fourth-order valence-electron chi connectivity index (χ4n) is 3.95. The van der Waals surface area contributed by atoms with Gasteiger partial charge in [0.15, 0.2) is 4.34 Å². The molecule has 0 aliphatic carbocycles. The molecule has 2 aromatic heterocycles. The lowest BCUT2D eigenvalue weighted by atomic mass is 9.97. The predicted octanol–water partition coefficient (Wildman–Crippen LogP) is 2.09. The van der Waals surface area contributed by atoms with Crippen LogP contribution in [0.1, 0.15) is 12.8 Å². The highest BCUT2D eigenvalue weighted by Crippen LogP contribution is 2.23. The molecule has 1 atom stereocenters. The highest BCUT2D eigenvalue weighted by atomic mass is 32.2. The molecule has 28 heavy (non-hydrogen) atoms. The Kier molecular flexibility index (Phi) is 6.77. The van der Waals surface area contributed by atoms with Crippen LogP contribution in [0.25, 0.3) is 0 Å². The van der Waals surface area contributed by atoms with Crippen LogP contribution in [0.5, 0.6) is 0 Å². The molecule has 4 rings (SSSR count). The van der Waals surface area contributed by atoms with Crippen molar-refractivity contribution in [2.45, 2.75) is 17.2 Å². The van der Waals surface area contributed by atoms with E-state index in [2.05, 4.69) is 31.0 Å². The van der Waals surface area contributed by atoms with Gasteiger partial charge in [-0.05, 0) is 30.9 Å². The van der Waals surface area contributed by atoms with Crippen molar-refractivity contribution in [3.05, 3.63) is 29.9 Å². The minimum atomic E-state index is 0.227. The molecule has 2 fully saturated rings. The maximum absolute atomic E-state index is 12.6. The van der Waals surface area contributed by atoms with Gasteiger partial charge in [0.25, 0.3) is 0 Å². The van der Waals surface area contributed by atoms with Crippen LogP contribution in [-0.4, -0.2) is 82.5 Å². The number of carbonyl (C=O) groups is 1. The summed E-state index contributed by atoms with van der Waals surface area (Å²) in [6.07, 6.45) is 4.18. The summed E-state index contributed by atoms with van der Waals surface area (Å²) in [4.78, 5) is 24.0. The van der Waals surface area contributed by atoms with Crippen molar-refractivity contribution in [3.63, 3.8) is 0 Å². The summed E-state index contributed by atoms with van der Waals surface area (Å²) in [5.74, 6) is 2.34. The molecule has 150 valence electrons. The average Bonchev–Trinajstić information content (AvgIpc) is 3.27. The van der Waals surface area contributed by atoms with Crippen molar-refractivity contribution in [2.24, 2.45) is 5.92 Å². The number of anilines is 1. The summed E-state index contributed by atoms with van der Waals surface area (Å²) in [5, 5.41) is 7.82. The van der Waals surface area contributed by atoms with Gasteiger partial charge in [-0.15, -0.1) is 10.2 Å². The molecule has 2 aromatic rings. The Morgan fingerprint density at radius 2 is 2.11 bits per heavy atom. The number of aromatic nitrogens is 3. The Hall–Kier alpha value is -1.71. The van der Waals surface area contributed by atoms with E-state index in [4.69, 9.17) is 0 Å². The van der Waals surface area contributed by atoms with E-state index >= 15 is 0 Å². The lowest BCUT2D eigenvalue weighted by molar-refractivity contribution is -0.130. The zero-order valence-electron chi connectivity index (χ0n) is 15.9. The summed E-state index contributed by atoms with van der Waals surface area (Å²) < 4.78 is 0.868. The minimum Gasteiger partial charge on any atom is -0.354 e. The monoisotopic (exact) mass is 418 g/mol. The molecule has 0 spiro atoms. The van der Waals surface area contributed by atoms with Gasteiger partial charge in [-0.1, -0.05) is 29.2 Å². The van der Waals surface area contributed by atoms with E-state index in [-0.39, 0.29) is 5.91 Å². The number of hydrogen-bond acceptors (Lipinski definition) is 8. The smallest absolute Gasteiger partial charge is 0.233 e. The molecule has 7 nitrogen and oxygen atoms in total. The van der Waals surface area contributed by atoms with Crippen LogP contribution in [0, 0.1) is 5.92 Å². The standard InChI is InChI=1S/C19H26N6OS2/c26-18(14-27-19-22-21-15-28-19)25-7-3-4-16(13-25)12-23-8-10-24(11-9-23)17-5-1-2-6-20-17/h1-2,5-6,15-16H,3-4,7-14H2. The Labute approximate surface area is 174 Å². The molecule has 4 heterocycles. The Morgan fingerprint density at radius 1 is 1.21 bits per heavy atom. The van der Waals surface area contributed by atoms with Crippen LogP contribution < -0.4 is 4.90 Å². The highest BCUT2D eigenvalue weighted by molar-refractivity contribution is 8.01. The molecule has 0 bridgehead atoms. The summed E-state index contributed by atoms with van der Waals surface area (Å²) in [6.45, 7) is 7.02. The molecule has 2 saturated heterocycles. The lowest BCUT2D eigenvalue weighted by Gasteiger charge is -2.39. The van der Waals surface area contributed by atoms with Gasteiger partial charge in [0.1, 0.15) is 11.3 Å². The van der Waals surface area contributed by atoms with E-state index in [0.29, 0.717) is 11.7 Å². The quantitative estimate of drug-likeness (QED) is 0.666. The summed E-state index contributed by atoms with van der Waals surface area (Å²) in [5.41, 5.74) is 1.71. The van der Waals surface area contributed by atoms with Gasteiger partial charge >= 0.3 is 0 Å². The molecule has 0 aromatic carbocycles. The first kappa shape index (κ1) is 19.6. The van der Waals surface area contributed by atoms with Crippen molar-refractivity contribution in [1.82, 2.24) is 25.0 Å². The van der Waals surface area contributed by atoms with E-state index in [1.165, 1.54) is 29.5 Å². The minimum absolute atomic E-state index is 0.227. The highest BCUT2D eigenvalue weighted by Gasteiger charge is 2.27. The van der Waals surface area contributed by atoms with Crippen molar-refractivity contribution < 1.29 is 4.79 Å². The average molecular weight is 419 g/mol. The van der Waals surface area contributed by atoms with Crippen LogP contribution in [0.15, 0.2) is 34.2 Å². The normalized spacial score (nSPS) is 21.1. The molecule has 1 unspecified atom stereocenters. The Balaban J connectivity index is 1.21. The largest absolute Gasteiger partial charge is 0.354 e. The third-order valence-electron chi connectivity index (χ3n) is 5.39. The molecule has 1 amide bonds. The zero-order valence-corrected chi connectivity index (χ0v) is 17.6. The molecule has 0 radical (unpaired) electrons. The number of rotatable bonds is 6. The van der Waals surface area contributed by atoms with Crippen molar-refractivity contribution >= 4 is 34.8 Å². The Bertz CT molecular complexity index is 736. The fraction of sp³-hybridized carbons (Fsp3) is 0.579. The summed E-state index contributed by atoms with van der Waals surface area (Å²) in [7, 11) is 0. The van der Waals surface area contributed by atoms with Crippen molar-refractivity contribution in [2.75, 3.05) is 56.5 Å². The number of pyridine rings is 1. The van der Waals surface area contributed by atoms with Crippen molar-refractivity contribution in [1.29, 1.82) is 0 Å². The molecular weight excluding hydrogens is 392 g/mol. The summed E-state index contributed by atoms with van der Waals surface area (Å²) in [6, 6.07) is 6.09. The first-order chi connectivity index (χ1) is 13.8. The fourth-order valence-corrected chi connectivity index (χ4v) is 5.34. The number of nitrogens with zero attached hydrogens (tertiary/aromatic N) is 6. The first-order valence-electron chi connectivity index (χ1n) is 9.83. The van der Waals surface area contributed by atoms with Gasteiger partial charge in [0.05, 0.1) is 5.75 Å². The van der Waals surface area contributed by atoms with Crippen LogP contribution in [0.2, 0.25) is 0 Å². The number of hydrogen-bond donors (Lipinski definition) is 0. The van der Waals surface area contributed by atoms with Crippen molar-refractivity contribution in [3.8, 4) is 0 Å². The number of thioether (sulfide) groups is 1. The topological polar surface area (TPSA) is 65.5 Å². The second kappa shape index (κ2) is 9.67. The van der Waals surface area contributed by atoms with Gasteiger partial charge in [-0.2, -0.15) is 0 Å². The van der Waals surface area contributed by atoms with Crippen LogP contribution in [-0.2, 0) is 4.79 Å². The Morgan fingerprint density at radius 3 is 2.86 bits per heavy atom. The number of carbonyl (C=O) groups excluding carboxylic acids is 1. The van der Waals surface area contributed by atoms with Crippen LogP contribution >= 0.6 is 23.1 Å². The van der Waals surface area contributed by atoms with E-state index < -0.39 is 0 Å². The number of piperidine rings is 1. The molecule has 2 aliphatic heterocycles. The molecule has 2 aliphatic rings. The predicted molar refractivity (Wildman–Crippen MR) is 113 cm³/mol. The molecule has 9 heteroatoms. The third kappa shape index (κ3) is 5.21. The maximum Gasteiger partial charge on any atom is 0.233 e. The van der Waals surface area contributed by atoms with E-state index in [1.54, 1.807) is 5.51 Å². The maximum atomic E-state index is 12.6. The second-order valence-electron chi connectivity index (χ2n) is 7.32. The second-order valence-corrected chi connectivity index (χ2v) is 9.37. The molecule has 0 N–H and O–H groups in total. The van der Waals surface area contributed by atoms with E-state index in [9.17, 15) is 4.79 Å². The summed E-state index contributed by atoms with van der Waals surface area (Å²) >= 11 is 2.98. The first-order valence-corrected chi connectivity index (χ1v) is 11.7. The SMILES string of the molecule is O=C(CSc1nncs1)N1CCCC(CN2CCN(c3ccccn3)CC2)C1. The van der Waals surface area contributed by atoms with Gasteiger partial charge in [0, 0.05) is 52.0 Å². The van der Waals surface area contributed by atoms with Gasteiger partial charge < -0.3 is 9.80 Å². The number of likely N-dealkylation sites (tertiary alicyclic amines) is 1. The van der Waals surface area contributed by atoms with Crippen LogP contribution in [0.4, 0.5) is 5.82 Å². The van der Waals surface area contributed by atoms with E-state index in [1.807, 2.05) is 23.2 Å². The lowest BCUT2D eigenvalue weighted by Crippen LogP contribution is -2.50. The third-order valence-corrected chi connectivity index (χ3v) is 7.24.